The summed E-state index contributed by atoms with van der Waals surface area (Å²) in [6.07, 6.45) is 9.54. The van der Waals surface area contributed by atoms with Gasteiger partial charge in [-0.3, -0.25) is 9.67 Å². The average Bonchev–Trinajstić information content (AvgIpc) is 3.36. The van der Waals surface area contributed by atoms with E-state index in [0.29, 0.717) is 11.8 Å². The number of aromatic nitrogens is 3. The smallest absolute Gasteiger partial charge is 0.141 e. The number of hydrogen-bond donors (Lipinski definition) is 1. The highest BCUT2D eigenvalue weighted by molar-refractivity contribution is 5.18. The van der Waals surface area contributed by atoms with Crippen molar-refractivity contribution in [3.8, 4) is 0 Å². The molecular formula is C19H25FN4O. The molecule has 0 spiro atoms. The largest absolute Gasteiger partial charge is 0.372 e. The van der Waals surface area contributed by atoms with Gasteiger partial charge in [0.1, 0.15) is 11.9 Å². The third-order valence-corrected chi connectivity index (χ3v) is 5.37. The van der Waals surface area contributed by atoms with Gasteiger partial charge in [-0.05, 0) is 49.3 Å². The lowest BCUT2D eigenvalue weighted by Gasteiger charge is -2.33. The first-order valence-electron chi connectivity index (χ1n) is 9.15. The molecule has 3 heterocycles. The van der Waals surface area contributed by atoms with Gasteiger partial charge >= 0.3 is 0 Å². The zero-order valence-electron chi connectivity index (χ0n) is 14.6. The van der Waals surface area contributed by atoms with Crippen molar-refractivity contribution in [1.82, 2.24) is 20.1 Å². The van der Waals surface area contributed by atoms with Crippen molar-refractivity contribution in [1.29, 1.82) is 0 Å². The first kappa shape index (κ1) is 16.7. The van der Waals surface area contributed by atoms with Crippen LogP contribution in [0.3, 0.4) is 0 Å². The molecule has 1 aliphatic heterocycles. The van der Waals surface area contributed by atoms with E-state index >= 15 is 0 Å². The third kappa shape index (κ3) is 3.75. The molecule has 1 aliphatic carbocycles. The predicted octanol–water partition coefficient (Wildman–Crippen LogP) is 3.16. The van der Waals surface area contributed by atoms with Gasteiger partial charge in [0, 0.05) is 44.6 Å². The van der Waals surface area contributed by atoms with Crippen molar-refractivity contribution in [2.75, 3.05) is 13.2 Å². The topological polar surface area (TPSA) is 52.0 Å². The fourth-order valence-electron chi connectivity index (χ4n) is 3.91. The summed E-state index contributed by atoms with van der Waals surface area (Å²) in [7, 11) is 1.96. The highest BCUT2D eigenvalue weighted by Gasteiger charge is 2.35. The van der Waals surface area contributed by atoms with Crippen LogP contribution in [0.5, 0.6) is 0 Å². The van der Waals surface area contributed by atoms with Crippen LogP contribution in [0.25, 0.3) is 0 Å². The SMILES string of the molecule is Cn1nccc1[C@@H]1OCCC[C@H]1CNC(c1cncc(F)c1)C1CC1. The first-order valence-corrected chi connectivity index (χ1v) is 9.15. The molecule has 25 heavy (non-hydrogen) atoms. The Labute approximate surface area is 147 Å². The molecule has 6 heteroatoms. The van der Waals surface area contributed by atoms with E-state index in [1.807, 2.05) is 24.0 Å². The fraction of sp³-hybridized carbons (Fsp3) is 0.579. The fourth-order valence-corrected chi connectivity index (χ4v) is 3.91. The molecule has 1 saturated heterocycles. The van der Waals surface area contributed by atoms with Gasteiger partial charge in [0.25, 0.3) is 0 Å². The summed E-state index contributed by atoms with van der Waals surface area (Å²) in [4.78, 5) is 4.03. The molecule has 0 amide bonds. The Hall–Kier alpha value is -1.79. The van der Waals surface area contributed by atoms with Crippen LogP contribution >= 0.6 is 0 Å². The van der Waals surface area contributed by atoms with Gasteiger partial charge < -0.3 is 10.1 Å². The first-order chi connectivity index (χ1) is 12.2. The van der Waals surface area contributed by atoms with Crippen LogP contribution in [-0.4, -0.2) is 27.9 Å². The van der Waals surface area contributed by atoms with Crippen molar-refractivity contribution in [3.05, 3.63) is 47.8 Å². The van der Waals surface area contributed by atoms with Crippen molar-refractivity contribution >= 4 is 0 Å². The molecule has 134 valence electrons. The molecule has 3 atom stereocenters. The Bertz CT molecular complexity index is 715. The highest BCUT2D eigenvalue weighted by Crippen LogP contribution is 2.41. The molecular weight excluding hydrogens is 319 g/mol. The number of nitrogens with zero attached hydrogens (tertiary/aromatic N) is 3. The maximum absolute atomic E-state index is 13.6. The standard InChI is InChI=1S/C19H25FN4O/c1-24-17(6-7-23-24)19-14(3-2-8-25-19)11-22-18(13-4-5-13)15-9-16(20)12-21-10-15/h6-7,9-10,12-14,18-19,22H,2-5,8,11H2,1H3/t14-,18?,19+/m0/s1. The second kappa shape index (κ2) is 7.22. The van der Waals surface area contributed by atoms with Crippen molar-refractivity contribution in [3.63, 3.8) is 0 Å². The summed E-state index contributed by atoms with van der Waals surface area (Å²) in [5.74, 6) is 0.717. The van der Waals surface area contributed by atoms with Gasteiger partial charge in [0.15, 0.2) is 0 Å². The molecule has 1 N–H and O–H groups in total. The van der Waals surface area contributed by atoms with Crippen molar-refractivity contribution in [2.24, 2.45) is 18.9 Å². The summed E-state index contributed by atoms with van der Waals surface area (Å²) in [6, 6.07) is 3.83. The number of rotatable bonds is 6. The number of hydrogen-bond acceptors (Lipinski definition) is 4. The number of ether oxygens (including phenoxy) is 1. The van der Waals surface area contributed by atoms with Gasteiger partial charge in [0.05, 0.1) is 11.9 Å². The Balaban J connectivity index is 1.47. The summed E-state index contributed by atoms with van der Waals surface area (Å²) in [5, 5.41) is 7.97. The Morgan fingerprint density at radius 3 is 2.96 bits per heavy atom. The van der Waals surface area contributed by atoms with Crippen LogP contribution in [-0.2, 0) is 11.8 Å². The molecule has 2 aliphatic rings. The zero-order valence-corrected chi connectivity index (χ0v) is 14.6. The predicted molar refractivity (Wildman–Crippen MR) is 92.3 cm³/mol. The molecule has 2 aromatic heterocycles. The molecule has 1 saturated carbocycles. The highest BCUT2D eigenvalue weighted by atomic mass is 19.1. The van der Waals surface area contributed by atoms with Gasteiger partial charge in [-0.2, -0.15) is 5.10 Å². The van der Waals surface area contributed by atoms with E-state index in [0.717, 1.165) is 37.3 Å². The summed E-state index contributed by atoms with van der Waals surface area (Å²) < 4.78 is 21.6. The molecule has 0 radical (unpaired) electrons. The van der Waals surface area contributed by atoms with Gasteiger partial charge in [-0.25, -0.2) is 4.39 Å². The number of pyridine rings is 1. The van der Waals surface area contributed by atoms with Crippen LogP contribution in [0.4, 0.5) is 4.39 Å². The Kier molecular flexibility index (Phi) is 4.81. The summed E-state index contributed by atoms with van der Waals surface area (Å²) in [6.45, 7) is 1.65. The zero-order chi connectivity index (χ0) is 17.2. The average molecular weight is 344 g/mol. The van der Waals surface area contributed by atoms with Crippen LogP contribution in [0.2, 0.25) is 0 Å². The lowest BCUT2D eigenvalue weighted by Crippen LogP contribution is -2.35. The molecule has 2 fully saturated rings. The molecule has 1 unspecified atom stereocenters. The second-order valence-electron chi connectivity index (χ2n) is 7.23. The Morgan fingerprint density at radius 2 is 2.24 bits per heavy atom. The molecule has 0 bridgehead atoms. The van der Waals surface area contributed by atoms with Gasteiger partial charge in [0.2, 0.25) is 0 Å². The van der Waals surface area contributed by atoms with Crippen LogP contribution < -0.4 is 5.32 Å². The van der Waals surface area contributed by atoms with Crippen molar-refractivity contribution < 1.29 is 9.13 Å². The van der Waals surface area contributed by atoms with E-state index < -0.39 is 0 Å². The molecule has 2 aromatic rings. The van der Waals surface area contributed by atoms with E-state index in [2.05, 4.69) is 15.4 Å². The van der Waals surface area contributed by atoms with E-state index in [9.17, 15) is 4.39 Å². The third-order valence-electron chi connectivity index (χ3n) is 5.37. The minimum absolute atomic E-state index is 0.0687. The van der Waals surface area contributed by atoms with Crippen LogP contribution in [0, 0.1) is 17.7 Å². The van der Waals surface area contributed by atoms with E-state index in [1.54, 1.807) is 12.3 Å². The maximum atomic E-state index is 13.6. The normalized spacial score (nSPS) is 25.0. The van der Waals surface area contributed by atoms with Crippen molar-refractivity contribution in [2.45, 2.75) is 37.8 Å². The number of nitrogens with one attached hydrogen (secondary N) is 1. The van der Waals surface area contributed by atoms with E-state index in [-0.39, 0.29) is 18.0 Å². The minimum Gasteiger partial charge on any atom is -0.372 e. The van der Waals surface area contributed by atoms with E-state index in [4.69, 9.17) is 4.74 Å². The molecule has 4 rings (SSSR count). The van der Waals surface area contributed by atoms with Crippen LogP contribution in [0.15, 0.2) is 30.7 Å². The van der Waals surface area contributed by atoms with Gasteiger partial charge in [-0.15, -0.1) is 0 Å². The second-order valence-corrected chi connectivity index (χ2v) is 7.23. The monoisotopic (exact) mass is 344 g/mol. The number of aryl methyl sites for hydroxylation is 1. The lowest BCUT2D eigenvalue weighted by molar-refractivity contribution is -0.0331. The summed E-state index contributed by atoms with van der Waals surface area (Å²) >= 11 is 0. The summed E-state index contributed by atoms with van der Waals surface area (Å²) in [5.41, 5.74) is 2.08. The molecule has 0 aromatic carbocycles. The number of halogens is 1. The quantitative estimate of drug-likeness (QED) is 0.874. The minimum atomic E-state index is -0.265. The van der Waals surface area contributed by atoms with Gasteiger partial charge in [-0.1, -0.05) is 0 Å². The maximum Gasteiger partial charge on any atom is 0.141 e. The lowest BCUT2D eigenvalue weighted by atomic mass is 9.91. The van der Waals surface area contributed by atoms with Crippen LogP contribution in [0.1, 0.15) is 49.1 Å². The van der Waals surface area contributed by atoms with E-state index in [1.165, 1.54) is 19.0 Å². The Morgan fingerprint density at radius 1 is 1.36 bits per heavy atom. The molecule has 5 nitrogen and oxygen atoms in total.